The highest BCUT2D eigenvalue weighted by Gasteiger charge is 2.22. The molecule has 0 aliphatic heterocycles. The van der Waals surface area contributed by atoms with Crippen LogP contribution < -0.4 is 5.73 Å². The summed E-state index contributed by atoms with van der Waals surface area (Å²) in [5.74, 6) is 0.666. The molecule has 0 spiro atoms. The van der Waals surface area contributed by atoms with Gasteiger partial charge >= 0.3 is 0 Å². The maximum Gasteiger partial charge on any atom is 0.162 e. The summed E-state index contributed by atoms with van der Waals surface area (Å²) in [5.41, 5.74) is 10.5. The van der Waals surface area contributed by atoms with Crippen molar-refractivity contribution < 1.29 is 5.11 Å². The van der Waals surface area contributed by atoms with E-state index >= 15 is 0 Å². The fourth-order valence-corrected chi connectivity index (χ4v) is 3.76. The molecule has 166 valence electrons. The van der Waals surface area contributed by atoms with E-state index in [0.29, 0.717) is 29.5 Å². The lowest BCUT2D eigenvalue weighted by Gasteiger charge is -2.16. The van der Waals surface area contributed by atoms with Gasteiger partial charge in [-0.05, 0) is 44.9 Å². The Bertz CT molecular complexity index is 1300. The highest BCUT2D eigenvalue weighted by Crippen LogP contribution is 2.32. The molecule has 4 rings (SSSR count). The molecule has 3 aromatic heterocycles. The van der Waals surface area contributed by atoms with Gasteiger partial charge in [0.15, 0.2) is 5.82 Å². The SMILES string of the molecule is Cc1cccc(-c2nc(N)c(Cl)c(-c3cn(Cc4cc(C(C)(C)O)n(C)n4)nn3)n2)c1C. The molecule has 0 radical (unpaired) electrons. The van der Waals surface area contributed by atoms with Gasteiger partial charge in [0, 0.05) is 12.6 Å². The van der Waals surface area contributed by atoms with Crippen LogP contribution in [-0.4, -0.2) is 39.8 Å². The van der Waals surface area contributed by atoms with Crippen LogP contribution >= 0.6 is 11.6 Å². The van der Waals surface area contributed by atoms with Gasteiger partial charge < -0.3 is 10.8 Å². The third-order valence-electron chi connectivity index (χ3n) is 5.38. The van der Waals surface area contributed by atoms with Crippen molar-refractivity contribution in [2.75, 3.05) is 5.73 Å². The maximum atomic E-state index is 10.3. The lowest BCUT2D eigenvalue weighted by Crippen LogP contribution is -2.19. The molecule has 32 heavy (non-hydrogen) atoms. The Morgan fingerprint density at radius 3 is 2.62 bits per heavy atom. The van der Waals surface area contributed by atoms with Crippen molar-refractivity contribution in [3.63, 3.8) is 0 Å². The van der Waals surface area contributed by atoms with E-state index in [1.54, 1.807) is 36.5 Å². The third kappa shape index (κ3) is 4.09. The maximum absolute atomic E-state index is 10.3. The predicted molar refractivity (Wildman–Crippen MR) is 123 cm³/mol. The van der Waals surface area contributed by atoms with Crippen LogP contribution in [0.5, 0.6) is 0 Å². The summed E-state index contributed by atoms with van der Waals surface area (Å²) < 4.78 is 3.30. The van der Waals surface area contributed by atoms with Crippen molar-refractivity contribution in [3.8, 4) is 22.8 Å². The molecule has 0 amide bonds. The Morgan fingerprint density at radius 1 is 1.19 bits per heavy atom. The molecular formula is C22H25ClN8O. The Morgan fingerprint density at radius 2 is 1.94 bits per heavy atom. The number of nitrogen functional groups attached to an aromatic ring is 1. The number of aromatic nitrogens is 7. The van der Waals surface area contributed by atoms with E-state index in [4.69, 9.17) is 17.3 Å². The average molecular weight is 453 g/mol. The fraction of sp³-hybridized carbons (Fsp3) is 0.318. The first-order valence-corrected chi connectivity index (χ1v) is 10.5. The zero-order chi connectivity index (χ0) is 23.2. The van der Waals surface area contributed by atoms with E-state index in [9.17, 15) is 5.11 Å². The lowest BCUT2D eigenvalue weighted by molar-refractivity contribution is 0.0695. The minimum atomic E-state index is -0.996. The van der Waals surface area contributed by atoms with Crippen molar-refractivity contribution in [2.24, 2.45) is 7.05 Å². The summed E-state index contributed by atoms with van der Waals surface area (Å²) >= 11 is 6.43. The van der Waals surface area contributed by atoms with Gasteiger partial charge in [0.1, 0.15) is 27.8 Å². The second kappa shape index (κ2) is 7.99. The van der Waals surface area contributed by atoms with Crippen LogP contribution in [0.25, 0.3) is 22.8 Å². The van der Waals surface area contributed by atoms with Crippen molar-refractivity contribution in [3.05, 3.63) is 58.0 Å². The van der Waals surface area contributed by atoms with Crippen LogP contribution in [0.4, 0.5) is 5.82 Å². The zero-order valence-electron chi connectivity index (χ0n) is 18.6. The monoisotopic (exact) mass is 452 g/mol. The molecule has 3 heterocycles. The highest BCUT2D eigenvalue weighted by molar-refractivity contribution is 6.35. The van der Waals surface area contributed by atoms with Crippen molar-refractivity contribution in [1.29, 1.82) is 0 Å². The number of halogens is 1. The molecule has 0 unspecified atom stereocenters. The Balaban J connectivity index is 1.69. The van der Waals surface area contributed by atoms with E-state index in [1.165, 1.54) is 0 Å². The Labute approximate surface area is 190 Å². The first-order valence-electron chi connectivity index (χ1n) is 10.1. The number of hydrogen-bond donors (Lipinski definition) is 2. The van der Waals surface area contributed by atoms with Gasteiger partial charge in [-0.3, -0.25) is 4.68 Å². The second-order valence-corrected chi connectivity index (χ2v) is 8.73. The van der Waals surface area contributed by atoms with Gasteiger partial charge in [0.2, 0.25) is 0 Å². The van der Waals surface area contributed by atoms with Gasteiger partial charge in [0.25, 0.3) is 0 Å². The van der Waals surface area contributed by atoms with E-state index in [2.05, 4.69) is 25.4 Å². The van der Waals surface area contributed by atoms with Crippen molar-refractivity contribution >= 4 is 17.4 Å². The van der Waals surface area contributed by atoms with Gasteiger partial charge in [-0.25, -0.2) is 14.6 Å². The quantitative estimate of drug-likeness (QED) is 0.476. The lowest BCUT2D eigenvalue weighted by atomic mass is 10.0. The van der Waals surface area contributed by atoms with Gasteiger partial charge in [0.05, 0.1) is 24.1 Å². The summed E-state index contributed by atoms with van der Waals surface area (Å²) in [6.45, 7) is 7.86. The molecule has 3 N–H and O–H groups in total. The number of nitrogens with zero attached hydrogens (tertiary/aromatic N) is 7. The third-order valence-corrected chi connectivity index (χ3v) is 5.76. The van der Waals surface area contributed by atoms with Crippen LogP contribution in [0.15, 0.2) is 30.5 Å². The molecule has 1 aromatic carbocycles. The van der Waals surface area contributed by atoms with Crippen LogP contribution in [0.3, 0.4) is 0 Å². The summed E-state index contributed by atoms with van der Waals surface area (Å²) in [6.07, 6.45) is 1.74. The smallest absolute Gasteiger partial charge is 0.162 e. The van der Waals surface area contributed by atoms with Crippen LogP contribution in [0, 0.1) is 13.8 Å². The van der Waals surface area contributed by atoms with E-state index in [1.807, 2.05) is 38.1 Å². The standard InChI is InChI=1S/C22H25ClN8O/c1-12-7-6-8-15(13(12)2)21-25-19(18(23)20(24)26-21)16-11-31(29-27-16)10-14-9-17(22(3,4)32)30(5)28-14/h6-9,11,32H,10H2,1-5H3,(H2,24,25,26). The van der Waals surface area contributed by atoms with E-state index in [0.717, 1.165) is 22.4 Å². The molecular weight excluding hydrogens is 428 g/mol. The number of aryl methyl sites for hydroxylation is 2. The first-order chi connectivity index (χ1) is 15.0. The molecule has 0 saturated carbocycles. The van der Waals surface area contributed by atoms with Crippen molar-refractivity contribution in [2.45, 2.75) is 39.8 Å². The van der Waals surface area contributed by atoms with Crippen molar-refractivity contribution in [1.82, 2.24) is 34.7 Å². The summed E-state index contributed by atoms with van der Waals surface area (Å²) in [7, 11) is 1.79. The minimum absolute atomic E-state index is 0.182. The highest BCUT2D eigenvalue weighted by atomic mass is 35.5. The summed E-state index contributed by atoms with van der Waals surface area (Å²) in [4.78, 5) is 9.04. The predicted octanol–water partition coefficient (Wildman–Crippen LogP) is 3.26. The molecule has 0 aliphatic carbocycles. The molecule has 10 heteroatoms. The fourth-order valence-electron chi connectivity index (χ4n) is 3.57. The van der Waals surface area contributed by atoms with Gasteiger partial charge in [-0.1, -0.05) is 35.0 Å². The topological polar surface area (TPSA) is 121 Å². The Hall–Kier alpha value is -3.30. The van der Waals surface area contributed by atoms with Gasteiger partial charge in [-0.2, -0.15) is 5.10 Å². The molecule has 0 bridgehead atoms. The van der Waals surface area contributed by atoms with Crippen LogP contribution in [0.1, 0.15) is 36.4 Å². The molecule has 0 atom stereocenters. The number of benzene rings is 1. The largest absolute Gasteiger partial charge is 0.384 e. The number of rotatable bonds is 5. The number of nitrogens with two attached hydrogens (primary N) is 1. The summed E-state index contributed by atoms with van der Waals surface area (Å²) in [5, 5.41) is 23.4. The number of hydrogen-bond acceptors (Lipinski definition) is 7. The summed E-state index contributed by atoms with van der Waals surface area (Å²) in [6, 6.07) is 7.78. The number of anilines is 1. The number of aliphatic hydroxyl groups is 1. The molecule has 4 aromatic rings. The molecule has 0 aliphatic rings. The van der Waals surface area contributed by atoms with Crippen LogP contribution in [0.2, 0.25) is 5.02 Å². The zero-order valence-corrected chi connectivity index (χ0v) is 19.4. The van der Waals surface area contributed by atoms with E-state index in [-0.39, 0.29) is 10.8 Å². The van der Waals surface area contributed by atoms with Crippen LogP contribution in [-0.2, 0) is 19.2 Å². The second-order valence-electron chi connectivity index (χ2n) is 8.35. The molecule has 0 fully saturated rings. The molecule has 9 nitrogen and oxygen atoms in total. The van der Waals surface area contributed by atoms with Gasteiger partial charge in [-0.15, -0.1) is 5.10 Å². The normalized spacial score (nSPS) is 11.8. The first kappa shape index (κ1) is 21.9. The average Bonchev–Trinajstić information content (AvgIpc) is 3.32. The molecule has 0 saturated heterocycles. The Kier molecular flexibility index (Phi) is 5.47. The van der Waals surface area contributed by atoms with E-state index < -0.39 is 5.60 Å². The minimum Gasteiger partial charge on any atom is -0.384 e.